The van der Waals surface area contributed by atoms with Gasteiger partial charge in [-0.3, -0.25) is 0 Å². The lowest BCUT2D eigenvalue weighted by Gasteiger charge is -2.40. The summed E-state index contributed by atoms with van der Waals surface area (Å²) in [5.74, 6) is 0. The first kappa shape index (κ1) is 20.6. The summed E-state index contributed by atoms with van der Waals surface area (Å²) in [5.41, 5.74) is 16.3. The number of benzene rings is 6. The van der Waals surface area contributed by atoms with Gasteiger partial charge >= 0.3 is 0 Å². The molecule has 178 valence electrons. The van der Waals surface area contributed by atoms with E-state index in [-0.39, 0.29) is 10.8 Å². The van der Waals surface area contributed by atoms with E-state index in [0.717, 1.165) is 0 Å². The Morgan fingerprint density at radius 2 is 0.842 bits per heavy atom. The summed E-state index contributed by atoms with van der Waals surface area (Å²) < 4.78 is 0. The Hall–Kier alpha value is -4.42. The van der Waals surface area contributed by atoms with Crippen molar-refractivity contribution in [3.63, 3.8) is 0 Å². The first-order valence-corrected chi connectivity index (χ1v) is 13.6. The minimum Gasteiger partial charge on any atom is -0.0619 e. The Labute approximate surface area is 223 Å². The third kappa shape index (κ3) is 2.17. The van der Waals surface area contributed by atoms with Gasteiger partial charge in [-0.25, -0.2) is 0 Å². The van der Waals surface area contributed by atoms with Crippen molar-refractivity contribution in [3.05, 3.63) is 155 Å². The molecular weight excluding hydrogens is 456 g/mol. The smallest absolute Gasteiger partial charge is 0.0619 e. The topological polar surface area (TPSA) is 0 Å². The lowest BCUT2D eigenvalue weighted by Crippen LogP contribution is -2.32. The molecule has 0 nitrogen and oxygen atoms in total. The molecule has 3 aliphatic carbocycles. The standard InChI is InChI=1S/C38H26/c1-37(2)30-17-6-3-15-26(30)28-22-35-29(21-34(28)37)27-16-9-11-23-12-10-20-33(36(23)27)38(35)31-18-7-4-13-24(31)25-14-5-8-19-32(25)38/h3-22H,1-2H3. The van der Waals surface area contributed by atoms with E-state index < -0.39 is 0 Å². The van der Waals surface area contributed by atoms with E-state index in [2.05, 4.69) is 135 Å². The van der Waals surface area contributed by atoms with Gasteiger partial charge in [-0.15, -0.1) is 0 Å². The first-order valence-electron chi connectivity index (χ1n) is 13.6. The van der Waals surface area contributed by atoms with Crippen molar-refractivity contribution in [2.24, 2.45) is 0 Å². The summed E-state index contributed by atoms with van der Waals surface area (Å²) in [4.78, 5) is 0. The van der Waals surface area contributed by atoms with Gasteiger partial charge < -0.3 is 0 Å². The summed E-state index contributed by atoms with van der Waals surface area (Å²) in [7, 11) is 0. The number of rotatable bonds is 0. The minimum atomic E-state index is -0.354. The van der Waals surface area contributed by atoms with Crippen LogP contribution in [0.4, 0.5) is 0 Å². The molecule has 0 fully saturated rings. The van der Waals surface area contributed by atoms with Crippen LogP contribution in [-0.4, -0.2) is 0 Å². The summed E-state index contributed by atoms with van der Waals surface area (Å²) in [6, 6.07) is 46.1. The van der Waals surface area contributed by atoms with Gasteiger partial charge in [0, 0.05) is 5.41 Å². The van der Waals surface area contributed by atoms with E-state index in [9.17, 15) is 0 Å². The second-order valence-electron chi connectivity index (χ2n) is 11.7. The van der Waals surface area contributed by atoms with Gasteiger partial charge in [0.25, 0.3) is 0 Å². The zero-order valence-electron chi connectivity index (χ0n) is 21.5. The fraction of sp³-hybridized carbons (Fsp3) is 0.105. The molecule has 9 rings (SSSR count). The molecule has 0 aromatic heterocycles. The van der Waals surface area contributed by atoms with E-state index in [0.29, 0.717) is 0 Å². The van der Waals surface area contributed by atoms with Crippen LogP contribution in [0.15, 0.2) is 121 Å². The number of hydrogen-bond acceptors (Lipinski definition) is 0. The van der Waals surface area contributed by atoms with Crippen molar-refractivity contribution in [2.75, 3.05) is 0 Å². The number of hydrogen-bond donors (Lipinski definition) is 0. The number of fused-ring (bicyclic) bond motifs is 12. The maximum absolute atomic E-state index is 2.56. The third-order valence-corrected chi connectivity index (χ3v) is 9.68. The van der Waals surface area contributed by atoms with Gasteiger partial charge in [0.05, 0.1) is 5.41 Å². The van der Waals surface area contributed by atoms with Crippen LogP contribution >= 0.6 is 0 Å². The molecule has 1 spiro atoms. The van der Waals surface area contributed by atoms with Gasteiger partial charge in [0.15, 0.2) is 0 Å². The Morgan fingerprint density at radius 1 is 0.368 bits per heavy atom. The second kappa shape index (κ2) is 6.71. The van der Waals surface area contributed by atoms with Crippen molar-refractivity contribution in [3.8, 4) is 33.4 Å². The summed E-state index contributed by atoms with van der Waals surface area (Å²) in [5, 5.41) is 2.71. The zero-order valence-corrected chi connectivity index (χ0v) is 21.5. The molecule has 6 aromatic rings. The van der Waals surface area contributed by atoms with E-state index in [4.69, 9.17) is 0 Å². The highest BCUT2D eigenvalue weighted by atomic mass is 14.5. The fourth-order valence-electron chi connectivity index (χ4n) is 8.12. The van der Waals surface area contributed by atoms with Crippen LogP contribution in [0.2, 0.25) is 0 Å². The molecule has 0 saturated carbocycles. The molecule has 0 N–H and O–H groups in total. The van der Waals surface area contributed by atoms with Gasteiger partial charge in [0.1, 0.15) is 0 Å². The van der Waals surface area contributed by atoms with Crippen molar-refractivity contribution in [1.82, 2.24) is 0 Å². The van der Waals surface area contributed by atoms with Crippen LogP contribution in [0.1, 0.15) is 47.2 Å². The maximum atomic E-state index is 2.56. The van der Waals surface area contributed by atoms with Crippen LogP contribution in [0.5, 0.6) is 0 Å². The summed E-state index contributed by atoms with van der Waals surface area (Å²) >= 11 is 0. The van der Waals surface area contributed by atoms with Crippen molar-refractivity contribution >= 4 is 10.8 Å². The van der Waals surface area contributed by atoms with Gasteiger partial charge in [-0.1, -0.05) is 123 Å². The van der Waals surface area contributed by atoms with Crippen LogP contribution < -0.4 is 0 Å². The van der Waals surface area contributed by atoms with E-state index in [1.807, 2.05) is 0 Å². The Kier molecular flexibility index (Phi) is 3.64. The van der Waals surface area contributed by atoms with Crippen LogP contribution in [0.25, 0.3) is 44.2 Å². The highest BCUT2D eigenvalue weighted by molar-refractivity contribution is 6.07. The highest BCUT2D eigenvalue weighted by Crippen LogP contribution is 2.63. The van der Waals surface area contributed by atoms with Crippen molar-refractivity contribution in [1.29, 1.82) is 0 Å². The lowest BCUT2D eigenvalue weighted by atomic mass is 9.61. The van der Waals surface area contributed by atoms with Gasteiger partial charge in [-0.05, 0) is 89.7 Å². The predicted molar refractivity (Wildman–Crippen MR) is 158 cm³/mol. The maximum Gasteiger partial charge on any atom is 0.0725 e. The van der Waals surface area contributed by atoms with E-state index >= 15 is 0 Å². The van der Waals surface area contributed by atoms with Crippen LogP contribution in [-0.2, 0) is 10.8 Å². The Morgan fingerprint density at radius 3 is 1.53 bits per heavy atom. The van der Waals surface area contributed by atoms with E-state index in [1.165, 1.54) is 77.5 Å². The zero-order chi connectivity index (χ0) is 25.2. The molecule has 0 bridgehead atoms. The van der Waals surface area contributed by atoms with Crippen LogP contribution in [0, 0.1) is 0 Å². The average molecular weight is 483 g/mol. The molecular formula is C38H26. The van der Waals surface area contributed by atoms with Crippen molar-refractivity contribution in [2.45, 2.75) is 24.7 Å². The molecule has 0 heteroatoms. The Bertz CT molecular complexity index is 1950. The van der Waals surface area contributed by atoms with Gasteiger partial charge in [-0.2, -0.15) is 0 Å². The molecule has 0 heterocycles. The largest absolute Gasteiger partial charge is 0.0725 e. The first-order chi connectivity index (χ1) is 18.6. The molecule has 0 aliphatic heterocycles. The van der Waals surface area contributed by atoms with Crippen LogP contribution in [0.3, 0.4) is 0 Å². The molecule has 0 radical (unpaired) electrons. The highest BCUT2D eigenvalue weighted by Gasteiger charge is 2.51. The molecule has 0 atom stereocenters. The third-order valence-electron chi connectivity index (χ3n) is 9.68. The SMILES string of the molecule is CC1(C)c2ccccc2-c2cc3c(cc21)-c1cccc2cccc(c12)C31c2ccccc2-c2ccccc21. The normalized spacial score (nSPS) is 16.1. The molecule has 6 aromatic carbocycles. The second-order valence-corrected chi connectivity index (χ2v) is 11.7. The van der Waals surface area contributed by atoms with Gasteiger partial charge in [0.2, 0.25) is 0 Å². The predicted octanol–water partition coefficient (Wildman–Crippen LogP) is 9.49. The fourth-order valence-corrected chi connectivity index (χ4v) is 8.12. The average Bonchev–Trinajstić information content (AvgIpc) is 3.38. The van der Waals surface area contributed by atoms with E-state index in [1.54, 1.807) is 0 Å². The molecule has 0 saturated heterocycles. The summed E-state index contributed by atoms with van der Waals surface area (Å²) in [6.45, 7) is 4.77. The lowest BCUT2D eigenvalue weighted by molar-refractivity contribution is 0.659. The molecule has 38 heavy (non-hydrogen) atoms. The molecule has 3 aliphatic rings. The quantitative estimate of drug-likeness (QED) is 0.202. The summed E-state index contributed by atoms with van der Waals surface area (Å²) in [6.07, 6.45) is 0. The minimum absolute atomic E-state index is 0.0372. The monoisotopic (exact) mass is 482 g/mol. The Balaban J connectivity index is 1.54. The molecule has 0 unspecified atom stereocenters. The molecule has 0 amide bonds. The van der Waals surface area contributed by atoms with Crippen molar-refractivity contribution < 1.29 is 0 Å².